The molecule has 4 nitrogen and oxygen atoms in total. The molecule has 2 fully saturated rings. The normalized spacial score (nSPS) is 39.7. The van der Waals surface area contributed by atoms with Gasteiger partial charge >= 0.3 is 5.97 Å². The van der Waals surface area contributed by atoms with E-state index in [-0.39, 0.29) is 17.3 Å². The Morgan fingerprint density at radius 1 is 1.50 bits per heavy atom. The first-order valence-corrected chi connectivity index (χ1v) is 6.97. The molecule has 1 N–H and O–H groups in total. The molecule has 0 aromatic rings. The molecule has 102 valence electrons. The highest BCUT2D eigenvalue weighted by molar-refractivity contribution is 5.90. The molecular formula is C14H23NO3. The quantitative estimate of drug-likeness (QED) is 0.764. The minimum absolute atomic E-state index is 0.00555. The molecule has 1 spiro atoms. The van der Waals surface area contributed by atoms with Crippen molar-refractivity contribution in [2.45, 2.75) is 52.5 Å². The van der Waals surface area contributed by atoms with Gasteiger partial charge in [-0.15, -0.1) is 0 Å². The van der Waals surface area contributed by atoms with Gasteiger partial charge in [0.25, 0.3) is 0 Å². The second-order valence-electron chi connectivity index (χ2n) is 5.82. The van der Waals surface area contributed by atoms with E-state index >= 15 is 0 Å². The van der Waals surface area contributed by atoms with Crippen LogP contribution in [0.1, 0.15) is 46.5 Å². The van der Waals surface area contributed by atoms with Gasteiger partial charge in [0.1, 0.15) is 6.04 Å². The lowest BCUT2D eigenvalue weighted by atomic mass is 9.59. The Labute approximate surface area is 108 Å². The van der Waals surface area contributed by atoms with Crippen molar-refractivity contribution in [2.75, 3.05) is 6.61 Å². The number of rotatable bonds is 2. The molecule has 18 heavy (non-hydrogen) atoms. The predicted octanol–water partition coefficient (Wildman–Crippen LogP) is 1.88. The lowest BCUT2D eigenvalue weighted by Crippen LogP contribution is -2.50. The third kappa shape index (κ3) is 2.02. The van der Waals surface area contributed by atoms with Crippen LogP contribution in [-0.4, -0.2) is 24.5 Å². The predicted molar refractivity (Wildman–Crippen MR) is 67.8 cm³/mol. The van der Waals surface area contributed by atoms with Gasteiger partial charge in [0.05, 0.1) is 6.61 Å². The second-order valence-corrected chi connectivity index (χ2v) is 5.82. The van der Waals surface area contributed by atoms with Crippen molar-refractivity contribution >= 4 is 11.9 Å². The molecule has 0 radical (unpaired) electrons. The van der Waals surface area contributed by atoms with Crippen molar-refractivity contribution < 1.29 is 14.3 Å². The molecule has 1 aliphatic carbocycles. The smallest absolute Gasteiger partial charge is 0.329 e. The number of hydrogen-bond donors (Lipinski definition) is 1. The highest BCUT2D eigenvalue weighted by atomic mass is 16.5. The van der Waals surface area contributed by atoms with E-state index in [0.29, 0.717) is 24.9 Å². The fraction of sp³-hybridized carbons (Fsp3) is 0.857. The lowest BCUT2D eigenvalue weighted by Gasteiger charge is -2.45. The van der Waals surface area contributed by atoms with Gasteiger partial charge in [0, 0.05) is 11.8 Å². The number of ether oxygens (including phenoxy) is 1. The van der Waals surface area contributed by atoms with Crippen LogP contribution in [-0.2, 0) is 14.3 Å². The van der Waals surface area contributed by atoms with E-state index in [2.05, 4.69) is 19.2 Å². The lowest BCUT2D eigenvalue weighted by molar-refractivity contribution is -0.150. The van der Waals surface area contributed by atoms with Crippen molar-refractivity contribution in [1.29, 1.82) is 0 Å². The highest BCUT2D eigenvalue weighted by Gasteiger charge is 2.56. The van der Waals surface area contributed by atoms with Crippen LogP contribution >= 0.6 is 0 Å². The standard InChI is InChI=1S/C14H23NO3/c1-4-18-13(17)12-14(8-11(16)15-12)7-5-6-9(2)10(14)3/h9-10,12H,4-8H2,1-3H3,(H,15,16). The van der Waals surface area contributed by atoms with Crippen LogP contribution in [0, 0.1) is 17.3 Å². The Kier molecular flexibility index (Phi) is 3.64. The maximum Gasteiger partial charge on any atom is 0.329 e. The molecule has 0 aromatic carbocycles. The second kappa shape index (κ2) is 4.90. The average molecular weight is 253 g/mol. The van der Waals surface area contributed by atoms with Gasteiger partial charge in [-0.2, -0.15) is 0 Å². The Morgan fingerprint density at radius 3 is 2.89 bits per heavy atom. The van der Waals surface area contributed by atoms with Crippen LogP contribution in [0.3, 0.4) is 0 Å². The number of carbonyl (C=O) groups excluding carboxylic acids is 2. The maximum atomic E-state index is 12.1. The number of hydrogen-bond acceptors (Lipinski definition) is 3. The van der Waals surface area contributed by atoms with Crippen LogP contribution < -0.4 is 5.32 Å². The van der Waals surface area contributed by atoms with Crippen LogP contribution in [0.4, 0.5) is 0 Å². The summed E-state index contributed by atoms with van der Waals surface area (Å²) in [7, 11) is 0. The minimum Gasteiger partial charge on any atom is -0.464 e. The molecule has 1 saturated carbocycles. The third-order valence-corrected chi connectivity index (χ3v) is 4.95. The van der Waals surface area contributed by atoms with E-state index in [4.69, 9.17) is 4.74 Å². The van der Waals surface area contributed by atoms with Crippen molar-refractivity contribution in [2.24, 2.45) is 17.3 Å². The first-order chi connectivity index (χ1) is 8.51. The van der Waals surface area contributed by atoms with Gasteiger partial charge in [-0.25, -0.2) is 4.79 Å². The number of carbonyl (C=O) groups is 2. The van der Waals surface area contributed by atoms with E-state index < -0.39 is 6.04 Å². The van der Waals surface area contributed by atoms with Crippen molar-refractivity contribution in [3.8, 4) is 0 Å². The van der Waals surface area contributed by atoms with Crippen LogP contribution in [0.15, 0.2) is 0 Å². The zero-order valence-electron chi connectivity index (χ0n) is 11.5. The summed E-state index contributed by atoms with van der Waals surface area (Å²) >= 11 is 0. The fourth-order valence-corrected chi connectivity index (χ4v) is 3.73. The first-order valence-electron chi connectivity index (χ1n) is 6.97. The summed E-state index contributed by atoms with van der Waals surface area (Å²) in [6, 6.07) is -0.442. The fourth-order valence-electron chi connectivity index (χ4n) is 3.73. The Morgan fingerprint density at radius 2 is 2.22 bits per heavy atom. The molecule has 1 heterocycles. The van der Waals surface area contributed by atoms with E-state index in [9.17, 15) is 9.59 Å². The molecule has 1 amide bonds. The number of nitrogens with one attached hydrogen (secondary N) is 1. The van der Waals surface area contributed by atoms with E-state index in [1.54, 1.807) is 6.92 Å². The summed E-state index contributed by atoms with van der Waals surface area (Å²) in [5.41, 5.74) is -0.221. The third-order valence-electron chi connectivity index (χ3n) is 4.95. The minimum atomic E-state index is -0.442. The first kappa shape index (κ1) is 13.4. The molecule has 2 rings (SSSR count). The zero-order valence-corrected chi connectivity index (χ0v) is 11.5. The van der Waals surface area contributed by atoms with Gasteiger partial charge in [-0.05, 0) is 25.2 Å². The molecule has 0 bridgehead atoms. The van der Waals surface area contributed by atoms with Crippen LogP contribution in [0.2, 0.25) is 0 Å². The average Bonchev–Trinajstić information content (AvgIpc) is 2.65. The van der Waals surface area contributed by atoms with Crippen molar-refractivity contribution in [3.63, 3.8) is 0 Å². The zero-order chi connectivity index (χ0) is 13.3. The number of amides is 1. The molecule has 1 saturated heterocycles. The summed E-state index contributed by atoms with van der Waals surface area (Å²) in [4.78, 5) is 23.8. The summed E-state index contributed by atoms with van der Waals surface area (Å²) in [5.74, 6) is 0.668. The summed E-state index contributed by atoms with van der Waals surface area (Å²) in [6.07, 6.45) is 3.70. The van der Waals surface area contributed by atoms with Gasteiger partial charge in [-0.3, -0.25) is 4.79 Å². The Balaban J connectivity index is 2.27. The summed E-state index contributed by atoms with van der Waals surface area (Å²) in [5, 5.41) is 2.84. The molecule has 1 aliphatic heterocycles. The summed E-state index contributed by atoms with van der Waals surface area (Å²) < 4.78 is 5.13. The van der Waals surface area contributed by atoms with Gasteiger partial charge in [-0.1, -0.05) is 26.7 Å². The molecular weight excluding hydrogens is 230 g/mol. The maximum absolute atomic E-state index is 12.1. The van der Waals surface area contributed by atoms with Gasteiger partial charge in [0.15, 0.2) is 0 Å². The summed E-state index contributed by atoms with van der Waals surface area (Å²) in [6.45, 7) is 6.56. The van der Waals surface area contributed by atoms with Crippen molar-refractivity contribution in [1.82, 2.24) is 5.32 Å². The Bertz CT molecular complexity index is 355. The van der Waals surface area contributed by atoms with E-state index in [1.165, 1.54) is 6.42 Å². The number of esters is 1. The molecule has 4 atom stereocenters. The molecule has 4 unspecified atom stereocenters. The Hall–Kier alpha value is -1.06. The topological polar surface area (TPSA) is 55.4 Å². The van der Waals surface area contributed by atoms with Crippen LogP contribution in [0.25, 0.3) is 0 Å². The monoisotopic (exact) mass is 253 g/mol. The van der Waals surface area contributed by atoms with Crippen molar-refractivity contribution in [3.05, 3.63) is 0 Å². The molecule has 4 heteroatoms. The largest absolute Gasteiger partial charge is 0.464 e. The van der Waals surface area contributed by atoms with Gasteiger partial charge in [0.2, 0.25) is 5.91 Å². The molecule has 2 aliphatic rings. The van der Waals surface area contributed by atoms with Gasteiger partial charge < -0.3 is 10.1 Å². The van der Waals surface area contributed by atoms with E-state index in [0.717, 1.165) is 12.8 Å². The van der Waals surface area contributed by atoms with Crippen LogP contribution in [0.5, 0.6) is 0 Å². The molecule has 0 aromatic heterocycles. The van der Waals surface area contributed by atoms with E-state index in [1.807, 2.05) is 0 Å². The highest BCUT2D eigenvalue weighted by Crippen LogP contribution is 2.51. The SMILES string of the molecule is CCOC(=O)C1NC(=O)CC12CCCC(C)C2C.